The van der Waals surface area contributed by atoms with Gasteiger partial charge in [0, 0.05) is 37.7 Å². The van der Waals surface area contributed by atoms with Crippen LogP contribution in [-0.4, -0.2) is 9.78 Å². The first-order chi connectivity index (χ1) is 49.6. The summed E-state index contributed by atoms with van der Waals surface area (Å²) in [5, 5.41) is 20.9. The Balaban J connectivity index is 0.000000138. The van der Waals surface area contributed by atoms with Gasteiger partial charge in [0.15, 0.2) is 0 Å². The summed E-state index contributed by atoms with van der Waals surface area (Å²) in [6.07, 6.45) is -1.30. The zero-order valence-electron chi connectivity index (χ0n) is 55.4. The molecule has 15 aromatic rings. The van der Waals surface area contributed by atoms with Crippen LogP contribution < -0.4 is 63.7 Å². The molecule has 14 aromatic carbocycles. The van der Waals surface area contributed by atoms with Crippen molar-refractivity contribution in [3.8, 4) is 16.9 Å². The van der Waals surface area contributed by atoms with E-state index >= 15 is 0 Å². The van der Waals surface area contributed by atoms with E-state index in [0.717, 1.165) is 17.7 Å². The molecule has 12 heteroatoms. The van der Waals surface area contributed by atoms with Crippen molar-refractivity contribution in [2.75, 3.05) is 0 Å². The molecule has 0 bridgehead atoms. The number of rotatable bonds is 15. The first-order valence-electron chi connectivity index (χ1n) is 32.8. The Morgan fingerprint density at radius 1 is 0.294 bits per heavy atom. The van der Waals surface area contributed by atoms with E-state index in [1.54, 1.807) is 12.3 Å². The molecule has 15 rings (SSSR count). The minimum Gasteiger partial charge on any atom is -0.237 e. The average molecular weight is 1540 g/mol. The summed E-state index contributed by atoms with van der Waals surface area (Å²) in [6, 6.07) is 140. The maximum atomic E-state index is 12.9. The van der Waals surface area contributed by atoms with Gasteiger partial charge in [-0.15, -0.1) is 0 Å². The van der Waals surface area contributed by atoms with Gasteiger partial charge in [0.25, 0.3) is 0 Å². The molecule has 506 valence electrons. The second-order valence-corrected chi connectivity index (χ2v) is 32.3. The van der Waals surface area contributed by atoms with Crippen LogP contribution in [0.3, 0.4) is 0 Å². The molecule has 0 fully saturated rings. The fourth-order valence-corrected chi connectivity index (χ4v) is 21.0. The van der Waals surface area contributed by atoms with E-state index in [1.807, 2.05) is 30.3 Å². The summed E-state index contributed by atoms with van der Waals surface area (Å²) in [7, 11) is -1.78. The summed E-state index contributed by atoms with van der Waals surface area (Å²) in [4.78, 5) is 0. The van der Waals surface area contributed by atoms with Crippen LogP contribution in [0, 0.1) is 0 Å². The second-order valence-electron chi connectivity index (χ2n) is 22.6. The topological polar surface area (TPSA) is 17.8 Å². The zero-order chi connectivity index (χ0) is 69.9. The number of hydrogen-bond donors (Lipinski definition) is 0. The fourth-order valence-electron chi connectivity index (χ4n) is 11.1. The first-order valence-corrected chi connectivity index (χ1v) is 38.9. The van der Waals surface area contributed by atoms with Crippen molar-refractivity contribution in [3.63, 3.8) is 0 Å². The maximum Gasteiger partial charge on any atom is 0.416 e. The van der Waals surface area contributed by atoms with Gasteiger partial charge in [-0.3, -0.25) is 0 Å². The Labute approximate surface area is 626 Å². The summed E-state index contributed by atoms with van der Waals surface area (Å²) in [5.74, 6) is 0. The van der Waals surface area contributed by atoms with Gasteiger partial charge in [0.2, 0.25) is 0 Å². The molecule has 0 aliphatic rings. The SMILES string of the molecule is C=Cc1cn(-c2c(Cl)cc(C(F)(F)F)cc2Cl)nc1-c1ccccc1.[Pd].c1ccc(P(c2ccccc2)c2ccccc2)cc1.c1ccc(P(c2ccccc2)c2ccccc2)cc1.c1ccc(P(c2ccccc2)c2ccccc2)cc1.c1ccc(P(c2ccccc2)c2ccccc2)cc1. The zero-order valence-corrected chi connectivity index (χ0v) is 62.1. The van der Waals surface area contributed by atoms with Gasteiger partial charge in [-0.2, -0.15) is 18.3 Å². The van der Waals surface area contributed by atoms with Crippen molar-refractivity contribution in [2.45, 2.75) is 6.18 Å². The molecule has 0 N–H and O–H groups in total. The van der Waals surface area contributed by atoms with Crippen molar-refractivity contribution in [2.24, 2.45) is 0 Å². The summed E-state index contributed by atoms with van der Waals surface area (Å²) >= 11 is 12.1. The third-order valence-corrected chi connectivity index (χ3v) is 26.1. The molecule has 102 heavy (non-hydrogen) atoms. The van der Waals surface area contributed by atoms with Crippen molar-refractivity contribution < 1.29 is 33.6 Å². The maximum absolute atomic E-state index is 12.9. The summed E-state index contributed by atoms with van der Waals surface area (Å²) in [6.45, 7) is 3.75. The molecule has 2 nitrogen and oxygen atoms in total. The van der Waals surface area contributed by atoms with Crippen LogP contribution in [0.4, 0.5) is 13.2 Å². The van der Waals surface area contributed by atoms with E-state index in [-0.39, 0.29) is 36.2 Å². The predicted molar refractivity (Wildman–Crippen MR) is 435 cm³/mol. The molecular weight excluding hydrogens is 1470 g/mol. The standard InChI is InChI=1S/C18H11Cl2F3N2.4C18H15P.Pd/c1-2-11-10-25(24-16(11)12-6-4-3-5-7-12)17-14(19)8-13(9-15(17)20)18(21,22)23;4*1-4-10-16(11-5-1)19(17-12-6-2-7-13-17)18-14-8-3-9-15-18;/h2-10H,1H2;4*1-15H;. The van der Waals surface area contributed by atoms with Gasteiger partial charge in [-0.1, -0.05) is 430 Å². The normalized spacial score (nSPS) is 10.7. The Kier molecular flexibility index (Phi) is 29.0. The number of hydrogen-bond acceptors (Lipinski definition) is 1. The molecular formula is C90H71Cl2F3N2P4Pd. The largest absolute Gasteiger partial charge is 0.416 e. The first kappa shape index (κ1) is 75.4. The van der Waals surface area contributed by atoms with E-state index in [4.69, 9.17) is 23.2 Å². The van der Waals surface area contributed by atoms with E-state index in [9.17, 15) is 13.2 Å². The number of halogens is 5. The van der Waals surface area contributed by atoms with E-state index in [0.29, 0.717) is 11.3 Å². The van der Waals surface area contributed by atoms with Gasteiger partial charge in [-0.05, 0) is 107 Å². The van der Waals surface area contributed by atoms with Crippen LogP contribution in [0.15, 0.2) is 419 Å². The number of aromatic nitrogens is 2. The van der Waals surface area contributed by atoms with Gasteiger partial charge in [-0.25, -0.2) is 4.68 Å². The molecule has 0 saturated carbocycles. The molecule has 0 amide bonds. The quantitative estimate of drug-likeness (QED) is 0.0739. The number of benzene rings is 14. The van der Waals surface area contributed by atoms with Crippen LogP contribution >= 0.6 is 54.9 Å². The van der Waals surface area contributed by atoms with Crippen LogP contribution in [0.5, 0.6) is 0 Å². The van der Waals surface area contributed by atoms with Crippen molar-refractivity contribution in [1.82, 2.24) is 9.78 Å². The van der Waals surface area contributed by atoms with Crippen LogP contribution in [0.2, 0.25) is 10.0 Å². The molecule has 0 unspecified atom stereocenters. The van der Waals surface area contributed by atoms with E-state index in [2.05, 4.69) is 376 Å². The molecule has 0 aliphatic heterocycles. The van der Waals surface area contributed by atoms with Gasteiger partial charge < -0.3 is 0 Å². The monoisotopic (exact) mass is 1540 g/mol. The summed E-state index contributed by atoms with van der Waals surface area (Å²) < 4.78 is 40.0. The molecule has 1 aromatic heterocycles. The van der Waals surface area contributed by atoms with Crippen LogP contribution in [0.1, 0.15) is 11.1 Å². The summed E-state index contributed by atoms with van der Waals surface area (Å²) in [5.41, 5.74) is 1.45. The van der Waals surface area contributed by atoms with Gasteiger partial charge in [0.1, 0.15) is 5.69 Å². The molecule has 0 saturated heterocycles. The third-order valence-electron chi connectivity index (χ3n) is 15.8. The molecule has 0 spiro atoms. The Hall–Kier alpha value is -9.22. The van der Waals surface area contributed by atoms with Crippen molar-refractivity contribution in [1.29, 1.82) is 0 Å². The Bertz CT molecular complexity index is 4010. The average Bonchev–Trinajstić information content (AvgIpc) is 1.58. The molecule has 0 radical (unpaired) electrons. The third kappa shape index (κ3) is 21.0. The predicted octanol–water partition coefficient (Wildman–Crippen LogP) is 20.3. The minimum atomic E-state index is -4.53. The van der Waals surface area contributed by atoms with Crippen LogP contribution in [0.25, 0.3) is 23.0 Å². The second kappa shape index (κ2) is 39.3. The Morgan fingerprint density at radius 3 is 0.637 bits per heavy atom. The molecule has 0 aliphatic carbocycles. The van der Waals surface area contributed by atoms with Crippen LogP contribution in [-0.2, 0) is 26.6 Å². The van der Waals surface area contributed by atoms with E-state index < -0.39 is 43.4 Å². The molecule has 1 heterocycles. The van der Waals surface area contributed by atoms with Crippen molar-refractivity contribution in [3.05, 3.63) is 440 Å². The van der Waals surface area contributed by atoms with Gasteiger partial charge >= 0.3 is 6.18 Å². The van der Waals surface area contributed by atoms with E-state index in [1.165, 1.54) is 68.3 Å². The fraction of sp³-hybridized carbons (Fsp3) is 0.0111. The minimum absolute atomic E-state index is 0. The van der Waals surface area contributed by atoms with Crippen molar-refractivity contribution >= 4 is 125 Å². The smallest absolute Gasteiger partial charge is 0.237 e. The molecule has 0 atom stereocenters. The Morgan fingerprint density at radius 2 is 0.471 bits per heavy atom. The van der Waals surface area contributed by atoms with Gasteiger partial charge in [0.05, 0.1) is 21.3 Å². The number of alkyl halides is 3. The number of nitrogens with zero attached hydrogens (tertiary/aromatic N) is 2.